The normalized spacial score (nSPS) is 10.8. The molecule has 140 valence electrons. The van der Waals surface area contributed by atoms with E-state index in [0.29, 0.717) is 23.0 Å². The van der Waals surface area contributed by atoms with Crippen LogP contribution in [0.1, 0.15) is 42.6 Å². The van der Waals surface area contributed by atoms with E-state index in [-0.39, 0.29) is 11.9 Å². The van der Waals surface area contributed by atoms with Gasteiger partial charge >= 0.3 is 5.97 Å². The molecule has 1 aromatic heterocycles. The van der Waals surface area contributed by atoms with Crippen molar-refractivity contribution in [3.8, 4) is 5.75 Å². The minimum Gasteiger partial charge on any atom is -0.427 e. The Morgan fingerprint density at radius 2 is 1.89 bits per heavy atom. The fourth-order valence-corrected chi connectivity index (χ4v) is 3.81. The molecule has 0 N–H and O–H groups in total. The molecule has 1 amide bonds. The highest BCUT2D eigenvalue weighted by molar-refractivity contribution is 7.22. The minimum absolute atomic E-state index is 0.103. The molecule has 0 spiro atoms. The summed E-state index contributed by atoms with van der Waals surface area (Å²) in [5.74, 6) is -0.0633. The predicted octanol–water partition coefficient (Wildman–Crippen LogP) is 4.98. The molecule has 6 heteroatoms. The Morgan fingerprint density at radius 1 is 1.15 bits per heavy atom. The molecular weight excluding hydrogens is 360 g/mol. The lowest BCUT2D eigenvalue weighted by Gasteiger charge is -2.19. The number of amides is 1. The number of anilines is 1. The summed E-state index contributed by atoms with van der Waals surface area (Å²) in [6, 6.07) is 12.7. The smallest absolute Gasteiger partial charge is 0.308 e. The molecule has 0 aliphatic carbocycles. The number of fused-ring (bicyclic) bond motifs is 1. The first kappa shape index (κ1) is 19.0. The lowest BCUT2D eigenvalue weighted by atomic mass is 10.2. The number of rotatable bonds is 6. The van der Waals surface area contributed by atoms with Crippen molar-refractivity contribution in [2.45, 2.75) is 33.6 Å². The zero-order chi connectivity index (χ0) is 19.4. The first-order valence-corrected chi connectivity index (χ1v) is 9.77. The molecule has 0 saturated heterocycles. The Kier molecular flexibility index (Phi) is 5.86. The fourth-order valence-electron chi connectivity index (χ4n) is 2.72. The van der Waals surface area contributed by atoms with Gasteiger partial charge in [-0.2, -0.15) is 0 Å². The molecule has 0 aliphatic rings. The molecule has 27 heavy (non-hydrogen) atoms. The number of unbranched alkanes of at least 4 members (excludes halogenated alkanes) is 1. The van der Waals surface area contributed by atoms with Crippen molar-refractivity contribution in [3.05, 3.63) is 53.6 Å². The molecule has 0 aliphatic heterocycles. The van der Waals surface area contributed by atoms with Gasteiger partial charge in [-0.3, -0.25) is 14.5 Å². The van der Waals surface area contributed by atoms with Crippen LogP contribution in [-0.4, -0.2) is 23.4 Å². The number of hydrogen-bond acceptors (Lipinski definition) is 5. The number of aromatic nitrogens is 1. The van der Waals surface area contributed by atoms with Crippen LogP contribution in [0.4, 0.5) is 5.13 Å². The van der Waals surface area contributed by atoms with Crippen LogP contribution in [0.3, 0.4) is 0 Å². The molecule has 3 rings (SSSR count). The molecule has 3 aromatic rings. The standard InChI is InChI=1S/C21H22N2O3S/c1-4-5-12-23(21-22-18-11-6-14(2)13-19(18)27-21)20(25)16-7-9-17(10-8-16)26-15(3)24/h6-11,13H,4-5,12H2,1-3H3. The van der Waals surface area contributed by atoms with E-state index < -0.39 is 0 Å². The van der Waals surface area contributed by atoms with Crippen LogP contribution < -0.4 is 9.64 Å². The van der Waals surface area contributed by atoms with E-state index in [1.807, 2.05) is 19.1 Å². The second kappa shape index (κ2) is 8.31. The van der Waals surface area contributed by atoms with Gasteiger partial charge < -0.3 is 4.74 Å². The number of hydrogen-bond donors (Lipinski definition) is 0. The van der Waals surface area contributed by atoms with E-state index in [1.165, 1.54) is 23.8 Å². The van der Waals surface area contributed by atoms with Crippen LogP contribution >= 0.6 is 11.3 Å². The third-order valence-electron chi connectivity index (χ3n) is 4.11. The summed E-state index contributed by atoms with van der Waals surface area (Å²) in [6.45, 7) is 6.10. The number of esters is 1. The molecule has 0 fully saturated rings. The Balaban J connectivity index is 1.90. The average molecular weight is 382 g/mol. The van der Waals surface area contributed by atoms with Crippen molar-refractivity contribution in [2.24, 2.45) is 0 Å². The van der Waals surface area contributed by atoms with Crippen molar-refractivity contribution in [1.82, 2.24) is 4.98 Å². The highest BCUT2D eigenvalue weighted by Gasteiger charge is 2.21. The number of carbonyl (C=O) groups excluding carboxylic acids is 2. The van der Waals surface area contributed by atoms with Gasteiger partial charge in [-0.25, -0.2) is 4.98 Å². The summed E-state index contributed by atoms with van der Waals surface area (Å²) >= 11 is 1.53. The summed E-state index contributed by atoms with van der Waals surface area (Å²) in [4.78, 5) is 30.6. The number of carbonyl (C=O) groups is 2. The third kappa shape index (κ3) is 4.52. The number of aryl methyl sites for hydroxylation is 1. The summed E-state index contributed by atoms with van der Waals surface area (Å²) in [5, 5.41) is 0.707. The molecule has 0 bridgehead atoms. The Morgan fingerprint density at radius 3 is 2.56 bits per heavy atom. The van der Waals surface area contributed by atoms with E-state index in [9.17, 15) is 9.59 Å². The Labute approximate surface area is 162 Å². The number of ether oxygens (including phenoxy) is 1. The van der Waals surface area contributed by atoms with Crippen molar-refractivity contribution in [3.63, 3.8) is 0 Å². The number of nitrogens with zero attached hydrogens (tertiary/aromatic N) is 2. The van der Waals surface area contributed by atoms with E-state index in [0.717, 1.165) is 23.1 Å². The molecule has 0 radical (unpaired) electrons. The van der Waals surface area contributed by atoms with Crippen molar-refractivity contribution >= 4 is 38.6 Å². The monoisotopic (exact) mass is 382 g/mol. The topological polar surface area (TPSA) is 59.5 Å². The second-order valence-electron chi connectivity index (χ2n) is 6.40. The lowest BCUT2D eigenvalue weighted by Crippen LogP contribution is -2.31. The average Bonchev–Trinajstić information content (AvgIpc) is 3.04. The fraction of sp³-hybridized carbons (Fsp3) is 0.286. The van der Waals surface area contributed by atoms with Gasteiger partial charge in [0.25, 0.3) is 5.91 Å². The Bertz CT molecular complexity index is 963. The van der Waals surface area contributed by atoms with Crippen LogP contribution in [0.5, 0.6) is 5.75 Å². The summed E-state index contributed by atoms with van der Waals surface area (Å²) in [6.07, 6.45) is 1.88. The van der Waals surface area contributed by atoms with Gasteiger partial charge in [0, 0.05) is 19.0 Å². The SMILES string of the molecule is CCCCN(C(=O)c1ccc(OC(C)=O)cc1)c1nc2ccc(C)cc2s1. The maximum absolute atomic E-state index is 13.1. The van der Waals surface area contributed by atoms with E-state index in [4.69, 9.17) is 4.74 Å². The molecule has 1 heterocycles. The zero-order valence-electron chi connectivity index (χ0n) is 15.7. The van der Waals surface area contributed by atoms with Crippen LogP contribution in [0.2, 0.25) is 0 Å². The summed E-state index contributed by atoms with van der Waals surface area (Å²) in [7, 11) is 0. The second-order valence-corrected chi connectivity index (χ2v) is 7.41. The highest BCUT2D eigenvalue weighted by atomic mass is 32.1. The highest BCUT2D eigenvalue weighted by Crippen LogP contribution is 2.31. The molecule has 0 saturated carbocycles. The molecule has 5 nitrogen and oxygen atoms in total. The quantitative estimate of drug-likeness (QED) is 0.446. The van der Waals surface area contributed by atoms with E-state index in [2.05, 4.69) is 18.0 Å². The van der Waals surface area contributed by atoms with Gasteiger partial charge in [0.15, 0.2) is 5.13 Å². The molecule has 2 aromatic carbocycles. The maximum Gasteiger partial charge on any atom is 0.308 e. The largest absolute Gasteiger partial charge is 0.427 e. The van der Waals surface area contributed by atoms with Crippen LogP contribution in [0.15, 0.2) is 42.5 Å². The first-order valence-electron chi connectivity index (χ1n) is 8.95. The van der Waals surface area contributed by atoms with Gasteiger partial charge in [0.2, 0.25) is 0 Å². The zero-order valence-corrected chi connectivity index (χ0v) is 16.5. The van der Waals surface area contributed by atoms with Crippen LogP contribution in [0.25, 0.3) is 10.2 Å². The van der Waals surface area contributed by atoms with E-state index in [1.54, 1.807) is 29.2 Å². The van der Waals surface area contributed by atoms with Crippen molar-refractivity contribution < 1.29 is 14.3 Å². The van der Waals surface area contributed by atoms with Crippen LogP contribution in [-0.2, 0) is 4.79 Å². The van der Waals surface area contributed by atoms with Gasteiger partial charge in [0.1, 0.15) is 5.75 Å². The van der Waals surface area contributed by atoms with E-state index >= 15 is 0 Å². The van der Waals surface area contributed by atoms with Gasteiger partial charge in [-0.05, 0) is 55.3 Å². The minimum atomic E-state index is -0.386. The first-order chi connectivity index (χ1) is 13.0. The van der Waals surface area contributed by atoms with Crippen molar-refractivity contribution in [2.75, 3.05) is 11.4 Å². The predicted molar refractivity (Wildman–Crippen MR) is 109 cm³/mol. The summed E-state index contributed by atoms with van der Waals surface area (Å²) < 4.78 is 6.11. The summed E-state index contributed by atoms with van der Waals surface area (Å²) in [5.41, 5.74) is 2.61. The van der Waals surface area contributed by atoms with Crippen LogP contribution in [0, 0.1) is 6.92 Å². The molecular formula is C21H22N2O3S. The Hall–Kier alpha value is -2.73. The lowest BCUT2D eigenvalue weighted by molar-refractivity contribution is -0.131. The van der Waals surface area contributed by atoms with Crippen molar-refractivity contribution in [1.29, 1.82) is 0 Å². The van der Waals surface area contributed by atoms with Gasteiger partial charge in [-0.15, -0.1) is 0 Å². The number of benzene rings is 2. The maximum atomic E-state index is 13.1. The third-order valence-corrected chi connectivity index (χ3v) is 5.15. The molecule has 0 unspecified atom stereocenters. The van der Waals surface area contributed by atoms with Gasteiger partial charge in [-0.1, -0.05) is 30.7 Å². The van der Waals surface area contributed by atoms with Gasteiger partial charge in [0.05, 0.1) is 10.2 Å². The number of thiazole rings is 1. The molecule has 0 atom stereocenters.